The third-order valence-electron chi connectivity index (χ3n) is 4.31. The molecule has 10 heteroatoms. The Kier molecular flexibility index (Phi) is 6.15. The van der Waals surface area contributed by atoms with Crippen LogP contribution in [-0.4, -0.2) is 24.6 Å². The van der Waals surface area contributed by atoms with Gasteiger partial charge in [-0.15, -0.1) is 0 Å². The number of hydrogen-bond donors (Lipinski definition) is 2. The summed E-state index contributed by atoms with van der Waals surface area (Å²) in [6.45, 7) is 2.85. The molecule has 0 bridgehead atoms. The van der Waals surface area contributed by atoms with Crippen LogP contribution < -0.4 is 10.0 Å². The summed E-state index contributed by atoms with van der Waals surface area (Å²) >= 11 is 0. The van der Waals surface area contributed by atoms with E-state index in [1.54, 1.807) is 0 Å². The minimum Gasteiger partial charge on any atom is -0.323 e. The first-order valence-corrected chi connectivity index (χ1v) is 9.95. The summed E-state index contributed by atoms with van der Waals surface area (Å²) in [5.41, 5.74) is -1.36. The number of nitrogens with one attached hydrogen (secondary N) is 2. The van der Waals surface area contributed by atoms with Crippen molar-refractivity contribution in [2.45, 2.75) is 57.4 Å². The maximum absolute atomic E-state index is 13.0. The Hall–Kier alpha value is -1.84. The van der Waals surface area contributed by atoms with Crippen LogP contribution in [-0.2, 0) is 21.0 Å². The second kappa shape index (κ2) is 7.81. The predicted octanol–water partition coefficient (Wildman–Crippen LogP) is 3.77. The second-order valence-corrected chi connectivity index (χ2v) is 8.87. The molecule has 1 fully saturated rings. The zero-order chi connectivity index (χ0) is 19.5. The molecule has 1 aliphatic rings. The van der Waals surface area contributed by atoms with Crippen molar-refractivity contribution in [3.05, 3.63) is 17.8 Å². The first-order chi connectivity index (χ1) is 12.0. The number of nitrogens with zero attached hydrogens (tertiary/aromatic N) is 1. The molecule has 1 aliphatic carbocycles. The number of aromatic nitrogens is 1. The number of carbonyl (C=O) groups is 1. The summed E-state index contributed by atoms with van der Waals surface area (Å²) in [7, 11) is -3.83. The van der Waals surface area contributed by atoms with Crippen molar-refractivity contribution < 1.29 is 26.4 Å². The van der Waals surface area contributed by atoms with Crippen molar-refractivity contribution in [2.75, 3.05) is 10.0 Å². The zero-order valence-electron chi connectivity index (χ0n) is 14.6. The van der Waals surface area contributed by atoms with Crippen molar-refractivity contribution in [3.63, 3.8) is 0 Å². The molecule has 0 unspecified atom stereocenters. The van der Waals surface area contributed by atoms with Gasteiger partial charge in [0.05, 0.1) is 16.5 Å². The fraction of sp³-hybridized carbons (Fsp3) is 0.625. The van der Waals surface area contributed by atoms with E-state index in [9.17, 15) is 26.4 Å². The lowest BCUT2D eigenvalue weighted by Crippen LogP contribution is -2.27. The van der Waals surface area contributed by atoms with Gasteiger partial charge in [-0.2, -0.15) is 13.2 Å². The van der Waals surface area contributed by atoms with E-state index >= 15 is 0 Å². The van der Waals surface area contributed by atoms with E-state index in [1.165, 1.54) is 13.8 Å². The highest BCUT2D eigenvalue weighted by Crippen LogP contribution is 2.34. The molecule has 6 nitrogen and oxygen atoms in total. The van der Waals surface area contributed by atoms with E-state index in [2.05, 4.69) is 15.0 Å². The second-order valence-electron chi connectivity index (χ2n) is 6.64. The van der Waals surface area contributed by atoms with Gasteiger partial charge in [-0.1, -0.05) is 19.3 Å². The summed E-state index contributed by atoms with van der Waals surface area (Å²) in [5, 5.41) is 1.61. The number of sulfonamides is 1. The Labute approximate surface area is 150 Å². The topological polar surface area (TPSA) is 88.2 Å². The standard InChI is InChI=1S/C16H22F3N3O3S/c1-10(2)26(24,25)22-14-13(8-12(9-20-14)16(17,18)19)21-15(23)11-6-4-3-5-7-11/h8-11H,3-7H2,1-2H3,(H,20,22)(H,21,23). The minimum atomic E-state index is -4.66. The molecular weight excluding hydrogens is 371 g/mol. The van der Waals surface area contributed by atoms with Crippen LogP contribution in [0.1, 0.15) is 51.5 Å². The molecule has 2 N–H and O–H groups in total. The van der Waals surface area contributed by atoms with Gasteiger partial charge in [0.25, 0.3) is 0 Å². The molecule has 26 heavy (non-hydrogen) atoms. The molecule has 1 amide bonds. The summed E-state index contributed by atoms with van der Waals surface area (Å²) in [4.78, 5) is 16.0. The molecule has 0 aromatic carbocycles. The van der Waals surface area contributed by atoms with E-state index in [0.29, 0.717) is 25.1 Å². The van der Waals surface area contributed by atoms with Crippen molar-refractivity contribution in [3.8, 4) is 0 Å². The van der Waals surface area contributed by atoms with Gasteiger partial charge in [-0.3, -0.25) is 9.52 Å². The Morgan fingerprint density at radius 1 is 1.23 bits per heavy atom. The van der Waals surface area contributed by atoms with Crippen LogP contribution in [0.15, 0.2) is 12.3 Å². The van der Waals surface area contributed by atoms with Crippen LogP contribution in [0.2, 0.25) is 0 Å². The van der Waals surface area contributed by atoms with Crippen LogP contribution in [0.25, 0.3) is 0 Å². The van der Waals surface area contributed by atoms with E-state index in [4.69, 9.17) is 0 Å². The average Bonchev–Trinajstić information content (AvgIpc) is 2.55. The van der Waals surface area contributed by atoms with Gasteiger partial charge in [-0.05, 0) is 32.8 Å². The van der Waals surface area contributed by atoms with Crippen LogP contribution >= 0.6 is 0 Å². The molecule has 1 aromatic heterocycles. The quantitative estimate of drug-likeness (QED) is 0.797. The first-order valence-electron chi connectivity index (χ1n) is 8.40. The lowest BCUT2D eigenvalue weighted by atomic mass is 9.88. The van der Waals surface area contributed by atoms with E-state index < -0.39 is 32.9 Å². The normalized spacial score (nSPS) is 16.5. The number of rotatable bonds is 5. The van der Waals surface area contributed by atoms with Gasteiger partial charge in [0.1, 0.15) is 0 Å². The summed E-state index contributed by atoms with van der Waals surface area (Å²) in [5.74, 6) is -1.04. The molecule has 146 valence electrons. The maximum atomic E-state index is 13.0. The number of anilines is 2. The molecule has 1 aromatic rings. The Bertz CT molecular complexity index is 758. The monoisotopic (exact) mass is 393 g/mol. The Morgan fingerprint density at radius 3 is 2.38 bits per heavy atom. The number of pyridine rings is 1. The minimum absolute atomic E-state index is 0.292. The lowest BCUT2D eigenvalue weighted by Gasteiger charge is -2.22. The average molecular weight is 393 g/mol. The molecule has 0 radical (unpaired) electrons. The smallest absolute Gasteiger partial charge is 0.323 e. The fourth-order valence-electron chi connectivity index (χ4n) is 2.65. The number of amides is 1. The molecule has 0 saturated heterocycles. The highest BCUT2D eigenvalue weighted by atomic mass is 32.2. The summed E-state index contributed by atoms with van der Waals surface area (Å²) in [6.07, 6.45) is -0.0242. The lowest BCUT2D eigenvalue weighted by molar-refractivity contribution is -0.137. The Balaban J connectivity index is 2.34. The number of hydrogen-bond acceptors (Lipinski definition) is 4. The van der Waals surface area contributed by atoms with Gasteiger partial charge in [0.15, 0.2) is 5.82 Å². The number of carbonyl (C=O) groups excluding carboxylic acids is 1. The fourth-order valence-corrected chi connectivity index (χ4v) is 3.32. The van der Waals surface area contributed by atoms with Crippen molar-refractivity contribution in [1.29, 1.82) is 0 Å². The third kappa shape index (κ3) is 5.09. The number of alkyl halides is 3. The Morgan fingerprint density at radius 2 is 1.85 bits per heavy atom. The first kappa shape index (κ1) is 20.5. The zero-order valence-corrected chi connectivity index (χ0v) is 15.4. The van der Waals surface area contributed by atoms with Crippen LogP contribution in [0.4, 0.5) is 24.7 Å². The molecule has 0 aliphatic heterocycles. The maximum Gasteiger partial charge on any atom is 0.417 e. The summed E-state index contributed by atoms with van der Waals surface area (Å²) in [6, 6.07) is 0.700. The van der Waals surface area contributed by atoms with Crippen molar-refractivity contribution in [1.82, 2.24) is 4.98 Å². The summed E-state index contributed by atoms with van der Waals surface area (Å²) < 4.78 is 65.1. The molecule has 1 heterocycles. The van der Waals surface area contributed by atoms with E-state index in [-0.39, 0.29) is 17.4 Å². The van der Waals surface area contributed by atoms with Gasteiger partial charge in [0.2, 0.25) is 15.9 Å². The van der Waals surface area contributed by atoms with Gasteiger partial charge in [-0.25, -0.2) is 13.4 Å². The SMILES string of the molecule is CC(C)S(=O)(=O)Nc1ncc(C(F)(F)F)cc1NC(=O)C1CCCCC1. The largest absolute Gasteiger partial charge is 0.417 e. The highest BCUT2D eigenvalue weighted by Gasteiger charge is 2.33. The molecule has 0 spiro atoms. The van der Waals surface area contributed by atoms with Crippen molar-refractivity contribution in [2.24, 2.45) is 5.92 Å². The van der Waals surface area contributed by atoms with Gasteiger partial charge in [0, 0.05) is 12.1 Å². The number of halogens is 3. The van der Waals surface area contributed by atoms with Crippen LogP contribution in [0, 0.1) is 5.92 Å². The highest BCUT2D eigenvalue weighted by molar-refractivity contribution is 7.93. The van der Waals surface area contributed by atoms with Crippen molar-refractivity contribution >= 4 is 27.4 Å². The molecular formula is C16H22F3N3O3S. The third-order valence-corrected chi connectivity index (χ3v) is 6.03. The van der Waals surface area contributed by atoms with Crippen LogP contribution in [0.3, 0.4) is 0 Å². The van der Waals surface area contributed by atoms with E-state index in [0.717, 1.165) is 19.3 Å². The molecule has 1 saturated carbocycles. The van der Waals surface area contributed by atoms with Gasteiger partial charge < -0.3 is 5.32 Å². The predicted molar refractivity (Wildman–Crippen MR) is 92.1 cm³/mol. The molecule has 0 atom stereocenters. The van der Waals surface area contributed by atoms with Gasteiger partial charge >= 0.3 is 6.18 Å². The van der Waals surface area contributed by atoms with Crippen LogP contribution in [0.5, 0.6) is 0 Å². The molecule has 2 rings (SSSR count). The van der Waals surface area contributed by atoms with E-state index in [1.807, 2.05) is 0 Å².